The van der Waals surface area contributed by atoms with E-state index in [1.807, 2.05) is 6.92 Å². The van der Waals surface area contributed by atoms with Crippen LogP contribution >= 0.6 is 23.4 Å². The Hall–Kier alpha value is -2.92. The van der Waals surface area contributed by atoms with Crippen molar-refractivity contribution in [2.75, 3.05) is 16.4 Å². The van der Waals surface area contributed by atoms with E-state index in [1.165, 1.54) is 18.7 Å². The van der Waals surface area contributed by atoms with E-state index in [0.29, 0.717) is 28.2 Å². The van der Waals surface area contributed by atoms with E-state index in [0.717, 1.165) is 0 Å². The molecule has 0 spiro atoms. The minimum Gasteiger partial charge on any atom is -0.325 e. The van der Waals surface area contributed by atoms with E-state index >= 15 is 0 Å². The van der Waals surface area contributed by atoms with Crippen molar-refractivity contribution in [2.24, 2.45) is 0 Å². The van der Waals surface area contributed by atoms with Crippen molar-refractivity contribution in [3.05, 3.63) is 29.3 Å². The molecule has 0 saturated carbocycles. The van der Waals surface area contributed by atoms with Crippen molar-refractivity contribution in [1.29, 1.82) is 0 Å². The Bertz CT molecular complexity index is 987. The number of benzene rings is 1. The highest BCUT2D eigenvalue weighted by atomic mass is 35.5. The minimum atomic E-state index is -0.312. The number of amides is 2. The number of halogens is 1. The van der Waals surface area contributed by atoms with E-state index in [2.05, 4.69) is 31.1 Å². The van der Waals surface area contributed by atoms with Crippen molar-refractivity contribution in [3.63, 3.8) is 0 Å². The van der Waals surface area contributed by atoms with Gasteiger partial charge in [0.25, 0.3) is 0 Å². The first-order valence-corrected chi connectivity index (χ1v) is 9.56. The molecule has 2 aromatic heterocycles. The van der Waals surface area contributed by atoms with Crippen molar-refractivity contribution >= 4 is 46.7 Å². The molecule has 3 rings (SSSR count). The van der Waals surface area contributed by atoms with Gasteiger partial charge >= 0.3 is 0 Å². The van der Waals surface area contributed by atoms with Gasteiger partial charge in [-0.15, -0.1) is 10.2 Å². The van der Waals surface area contributed by atoms with Crippen LogP contribution in [0.25, 0.3) is 11.5 Å². The van der Waals surface area contributed by atoms with Crippen LogP contribution in [0.4, 0.5) is 11.5 Å². The normalized spacial score (nSPS) is 10.7. The first-order valence-electron chi connectivity index (χ1n) is 8.20. The van der Waals surface area contributed by atoms with Gasteiger partial charge in [0.15, 0.2) is 16.7 Å². The average Bonchev–Trinajstić information content (AvgIpc) is 3.27. The molecule has 0 radical (unpaired) electrons. The first-order chi connectivity index (χ1) is 13.5. The number of carbonyl (C=O) groups is 2. The standard InChI is InChI=1S/C16H16ClN7O3S/c1-3-24-15(13-14(18-9(2)25)23-27-22-13)20-21-16(24)28-8-12(26)19-11-6-4-10(17)5-7-11/h4-7H,3,8H2,1-2H3,(H,19,26)(H,18,23,25). The van der Waals surface area contributed by atoms with E-state index in [1.54, 1.807) is 28.8 Å². The lowest BCUT2D eigenvalue weighted by Gasteiger charge is -2.07. The maximum absolute atomic E-state index is 12.2. The van der Waals surface area contributed by atoms with Crippen LogP contribution in [-0.4, -0.2) is 42.6 Å². The summed E-state index contributed by atoms with van der Waals surface area (Å²) < 4.78 is 6.46. The van der Waals surface area contributed by atoms with E-state index < -0.39 is 0 Å². The van der Waals surface area contributed by atoms with E-state index in [-0.39, 0.29) is 29.1 Å². The van der Waals surface area contributed by atoms with Gasteiger partial charge in [0, 0.05) is 24.2 Å². The SMILES string of the molecule is CCn1c(SCC(=O)Nc2ccc(Cl)cc2)nnc1-c1nonc1NC(C)=O. The Kier molecular flexibility index (Phi) is 6.26. The molecule has 146 valence electrons. The van der Waals surface area contributed by atoms with Crippen LogP contribution in [0, 0.1) is 0 Å². The third-order valence-corrected chi connectivity index (χ3v) is 4.71. The van der Waals surface area contributed by atoms with Crippen molar-refractivity contribution in [2.45, 2.75) is 25.5 Å². The van der Waals surface area contributed by atoms with Gasteiger partial charge < -0.3 is 15.2 Å². The maximum Gasteiger partial charge on any atom is 0.234 e. The minimum absolute atomic E-state index is 0.135. The fourth-order valence-corrected chi connectivity index (χ4v) is 3.23. The third kappa shape index (κ3) is 4.67. The van der Waals surface area contributed by atoms with Crippen LogP contribution < -0.4 is 10.6 Å². The Labute approximate surface area is 169 Å². The summed E-state index contributed by atoms with van der Waals surface area (Å²) in [5, 5.41) is 22.1. The molecule has 0 atom stereocenters. The van der Waals surface area contributed by atoms with Gasteiger partial charge in [0.2, 0.25) is 17.6 Å². The van der Waals surface area contributed by atoms with Gasteiger partial charge in [0.05, 0.1) is 5.75 Å². The number of rotatable bonds is 7. The molecule has 0 aliphatic carbocycles. The van der Waals surface area contributed by atoms with E-state index in [4.69, 9.17) is 16.2 Å². The van der Waals surface area contributed by atoms with Crippen LogP contribution in [0.15, 0.2) is 34.1 Å². The molecular formula is C16H16ClN7O3S. The lowest BCUT2D eigenvalue weighted by Crippen LogP contribution is -2.14. The average molecular weight is 422 g/mol. The lowest BCUT2D eigenvalue weighted by molar-refractivity contribution is -0.114. The smallest absolute Gasteiger partial charge is 0.234 e. The van der Waals surface area contributed by atoms with Gasteiger partial charge in [-0.25, -0.2) is 4.63 Å². The van der Waals surface area contributed by atoms with Crippen LogP contribution in [0.2, 0.25) is 5.02 Å². The summed E-state index contributed by atoms with van der Waals surface area (Å²) in [6.07, 6.45) is 0. The largest absolute Gasteiger partial charge is 0.325 e. The van der Waals surface area contributed by atoms with Gasteiger partial charge in [0.1, 0.15) is 0 Å². The molecule has 0 aliphatic rings. The summed E-state index contributed by atoms with van der Waals surface area (Å²) in [5.41, 5.74) is 0.920. The van der Waals surface area contributed by atoms with Gasteiger partial charge in [-0.05, 0) is 41.5 Å². The van der Waals surface area contributed by atoms with Crippen molar-refractivity contribution < 1.29 is 14.2 Å². The number of anilines is 2. The number of aromatic nitrogens is 5. The molecule has 28 heavy (non-hydrogen) atoms. The lowest BCUT2D eigenvalue weighted by atomic mass is 10.3. The zero-order valence-corrected chi connectivity index (χ0v) is 16.5. The monoisotopic (exact) mass is 421 g/mol. The van der Waals surface area contributed by atoms with Crippen molar-refractivity contribution in [3.8, 4) is 11.5 Å². The number of hydrogen-bond donors (Lipinski definition) is 2. The number of thioether (sulfide) groups is 1. The summed E-state index contributed by atoms with van der Waals surface area (Å²) in [6, 6.07) is 6.84. The van der Waals surface area contributed by atoms with Crippen LogP contribution in [0.5, 0.6) is 0 Å². The molecule has 10 nitrogen and oxygen atoms in total. The molecule has 0 unspecified atom stereocenters. The Morgan fingerprint density at radius 1 is 1.18 bits per heavy atom. The first kappa shape index (κ1) is 19.8. The van der Waals surface area contributed by atoms with Crippen LogP contribution in [0.1, 0.15) is 13.8 Å². The predicted molar refractivity (Wildman–Crippen MR) is 104 cm³/mol. The fourth-order valence-electron chi connectivity index (χ4n) is 2.30. The van der Waals surface area contributed by atoms with Gasteiger partial charge in [-0.1, -0.05) is 23.4 Å². The summed E-state index contributed by atoms with van der Waals surface area (Å²) >= 11 is 7.06. The maximum atomic E-state index is 12.2. The molecule has 0 saturated heterocycles. The molecule has 0 fully saturated rings. The number of carbonyl (C=O) groups excluding carboxylic acids is 2. The predicted octanol–water partition coefficient (Wildman–Crippen LogP) is 2.69. The van der Waals surface area contributed by atoms with Crippen molar-refractivity contribution in [1.82, 2.24) is 25.1 Å². The number of nitrogens with one attached hydrogen (secondary N) is 2. The summed E-state index contributed by atoms with van der Waals surface area (Å²) in [4.78, 5) is 23.5. The molecule has 3 aromatic rings. The number of nitrogens with zero attached hydrogens (tertiary/aromatic N) is 5. The molecule has 1 aromatic carbocycles. The zero-order valence-electron chi connectivity index (χ0n) is 15.0. The molecule has 2 N–H and O–H groups in total. The number of hydrogen-bond acceptors (Lipinski definition) is 8. The topological polar surface area (TPSA) is 128 Å². The summed E-state index contributed by atoms with van der Waals surface area (Å²) in [5.74, 6) is 0.172. The quantitative estimate of drug-likeness (QED) is 0.557. The second-order valence-electron chi connectivity index (χ2n) is 5.54. The molecule has 0 aliphatic heterocycles. The van der Waals surface area contributed by atoms with Crippen LogP contribution in [0.3, 0.4) is 0 Å². The van der Waals surface area contributed by atoms with Gasteiger partial charge in [-0.2, -0.15) is 0 Å². The Morgan fingerprint density at radius 3 is 2.61 bits per heavy atom. The molecule has 2 heterocycles. The highest BCUT2D eigenvalue weighted by Gasteiger charge is 2.22. The Morgan fingerprint density at radius 2 is 1.93 bits per heavy atom. The highest BCUT2D eigenvalue weighted by Crippen LogP contribution is 2.27. The molecular weight excluding hydrogens is 406 g/mol. The summed E-state index contributed by atoms with van der Waals surface area (Å²) in [7, 11) is 0. The van der Waals surface area contributed by atoms with Crippen LogP contribution in [-0.2, 0) is 16.1 Å². The highest BCUT2D eigenvalue weighted by molar-refractivity contribution is 7.99. The fraction of sp³-hybridized carbons (Fsp3) is 0.250. The molecule has 12 heteroatoms. The Balaban J connectivity index is 1.70. The summed E-state index contributed by atoms with van der Waals surface area (Å²) in [6.45, 7) is 3.77. The van der Waals surface area contributed by atoms with Gasteiger partial charge in [-0.3, -0.25) is 9.59 Å². The second-order valence-corrected chi connectivity index (χ2v) is 6.92. The third-order valence-electron chi connectivity index (χ3n) is 3.49. The molecule has 2 amide bonds. The molecule has 0 bridgehead atoms. The van der Waals surface area contributed by atoms with E-state index in [9.17, 15) is 9.59 Å². The second kappa shape index (κ2) is 8.85. The zero-order chi connectivity index (χ0) is 20.1.